The molecule has 1 aromatic rings. The summed E-state index contributed by atoms with van der Waals surface area (Å²) in [5.74, 6) is -0.848. The molecular formula is C15H18F3NO2. The third-order valence-electron chi connectivity index (χ3n) is 3.91. The Morgan fingerprint density at radius 1 is 1.29 bits per heavy atom. The van der Waals surface area contributed by atoms with Gasteiger partial charge in [0.2, 0.25) is 0 Å². The number of nitrogens with zero attached hydrogens (tertiary/aromatic N) is 1. The molecule has 3 nitrogen and oxygen atoms in total. The first-order valence-corrected chi connectivity index (χ1v) is 6.98. The molecule has 0 aliphatic carbocycles. The molecule has 1 fully saturated rings. The quantitative estimate of drug-likeness (QED) is 0.896. The molecule has 1 aliphatic heterocycles. The van der Waals surface area contributed by atoms with Crippen molar-refractivity contribution in [3.63, 3.8) is 0 Å². The predicted octanol–water partition coefficient (Wildman–Crippen LogP) is 4.03. The summed E-state index contributed by atoms with van der Waals surface area (Å²) in [5.41, 5.74) is -1.12. The zero-order valence-electron chi connectivity index (χ0n) is 11.8. The van der Waals surface area contributed by atoms with E-state index in [0.717, 1.165) is 25.3 Å². The average molecular weight is 301 g/mol. The molecule has 1 saturated heterocycles. The number of carbonyl (C=O) groups is 1. The molecule has 1 heterocycles. The standard InChI is InChI=1S/C15H18F3NO2/c1-10-3-2-7-19(8-6-10)13-5-4-11(14(20)21)9-12(13)15(16,17)18/h4-5,9-10H,2-3,6-8H2,1H3,(H,20,21). The molecule has 1 aromatic carbocycles. The van der Waals surface area contributed by atoms with Crippen LogP contribution in [0, 0.1) is 5.92 Å². The van der Waals surface area contributed by atoms with Crippen LogP contribution < -0.4 is 4.90 Å². The van der Waals surface area contributed by atoms with E-state index in [-0.39, 0.29) is 11.3 Å². The van der Waals surface area contributed by atoms with E-state index in [1.165, 1.54) is 12.1 Å². The van der Waals surface area contributed by atoms with Crippen molar-refractivity contribution in [1.82, 2.24) is 0 Å². The predicted molar refractivity (Wildman–Crippen MR) is 73.6 cm³/mol. The van der Waals surface area contributed by atoms with Gasteiger partial charge < -0.3 is 10.0 Å². The number of halogens is 3. The van der Waals surface area contributed by atoms with Crippen molar-refractivity contribution in [2.75, 3.05) is 18.0 Å². The van der Waals surface area contributed by atoms with Crippen LogP contribution in [0.1, 0.15) is 42.1 Å². The number of benzene rings is 1. The maximum atomic E-state index is 13.2. The van der Waals surface area contributed by atoms with Crippen molar-refractivity contribution in [2.24, 2.45) is 5.92 Å². The van der Waals surface area contributed by atoms with Crippen molar-refractivity contribution in [3.8, 4) is 0 Å². The second-order valence-electron chi connectivity index (χ2n) is 5.56. The van der Waals surface area contributed by atoms with E-state index in [4.69, 9.17) is 5.11 Å². The fourth-order valence-corrected chi connectivity index (χ4v) is 2.68. The topological polar surface area (TPSA) is 40.5 Å². The van der Waals surface area contributed by atoms with E-state index < -0.39 is 17.7 Å². The van der Waals surface area contributed by atoms with Gasteiger partial charge in [0.15, 0.2) is 0 Å². The Morgan fingerprint density at radius 2 is 2.00 bits per heavy atom. The van der Waals surface area contributed by atoms with Crippen molar-refractivity contribution in [1.29, 1.82) is 0 Å². The monoisotopic (exact) mass is 301 g/mol. The smallest absolute Gasteiger partial charge is 0.418 e. The number of hydrogen-bond donors (Lipinski definition) is 1. The molecule has 0 aromatic heterocycles. The van der Waals surface area contributed by atoms with E-state index in [1.54, 1.807) is 4.90 Å². The summed E-state index contributed by atoms with van der Waals surface area (Å²) in [7, 11) is 0. The Labute approximate surface area is 121 Å². The Bertz CT molecular complexity index is 528. The van der Waals surface area contributed by atoms with Gasteiger partial charge in [-0.15, -0.1) is 0 Å². The van der Waals surface area contributed by atoms with Crippen LogP contribution >= 0.6 is 0 Å². The van der Waals surface area contributed by atoms with Gasteiger partial charge in [-0.2, -0.15) is 13.2 Å². The minimum Gasteiger partial charge on any atom is -0.478 e. The van der Waals surface area contributed by atoms with Crippen LogP contribution in [0.2, 0.25) is 0 Å². The lowest BCUT2D eigenvalue weighted by Crippen LogP contribution is -2.27. The second kappa shape index (κ2) is 5.95. The largest absolute Gasteiger partial charge is 0.478 e. The van der Waals surface area contributed by atoms with Gasteiger partial charge in [0.25, 0.3) is 0 Å². The molecule has 0 spiro atoms. The van der Waals surface area contributed by atoms with Crippen molar-refractivity contribution < 1.29 is 23.1 Å². The Morgan fingerprint density at radius 3 is 2.62 bits per heavy atom. The van der Waals surface area contributed by atoms with Crippen LogP contribution in [-0.2, 0) is 6.18 Å². The molecule has 21 heavy (non-hydrogen) atoms. The molecule has 1 atom stereocenters. The maximum Gasteiger partial charge on any atom is 0.418 e. The molecule has 0 bridgehead atoms. The molecule has 1 unspecified atom stereocenters. The highest BCUT2D eigenvalue weighted by Crippen LogP contribution is 2.38. The number of alkyl halides is 3. The molecule has 0 amide bonds. The Hall–Kier alpha value is -1.72. The summed E-state index contributed by atoms with van der Waals surface area (Å²) in [6.45, 7) is 3.23. The lowest BCUT2D eigenvalue weighted by atomic mass is 10.0. The highest BCUT2D eigenvalue weighted by atomic mass is 19.4. The summed E-state index contributed by atoms with van der Waals surface area (Å²) < 4.78 is 39.6. The van der Waals surface area contributed by atoms with E-state index in [0.29, 0.717) is 19.0 Å². The molecule has 0 saturated carbocycles. The number of carboxylic acids is 1. The molecule has 0 radical (unpaired) electrons. The summed E-state index contributed by atoms with van der Waals surface area (Å²) in [4.78, 5) is 12.6. The minimum atomic E-state index is -4.56. The van der Waals surface area contributed by atoms with Gasteiger partial charge in [-0.3, -0.25) is 0 Å². The normalized spacial score (nSPS) is 20.2. The minimum absolute atomic E-state index is 0.0848. The second-order valence-corrected chi connectivity index (χ2v) is 5.56. The Balaban J connectivity index is 2.40. The fourth-order valence-electron chi connectivity index (χ4n) is 2.68. The lowest BCUT2D eigenvalue weighted by Gasteiger charge is -2.26. The van der Waals surface area contributed by atoms with E-state index in [2.05, 4.69) is 6.92 Å². The number of anilines is 1. The van der Waals surface area contributed by atoms with Crippen LogP contribution in [0.15, 0.2) is 18.2 Å². The van der Waals surface area contributed by atoms with E-state index in [1.807, 2.05) is 0 Å². The van der Waals surface area contributed by atoms with Gasteiger partial charge in [-0.1, -0.05) is 6.92 Å². The van der Waals surface area contributed by atoms with Crippen LogP contribution in [0.4, 0.5) is 18.9 Å². The van der Waals surface area contributed by atoms with Crippen LogP contribution in [0.3, 0.4) is 0 Å². The zero-order chi connectivity index (χ0) is 15.6. The molecular weight excluding hydrogens is 283 g/mol. The van der Waals surface area contributed by atoms with Gasteiger partial charge in [-0.25, -0.2) is 4.79 Å². The van der Waals surface area contributed by atoms with E-state index >= 15 is 0 Å². The summed E-state index contributed by atoms with van der Waals surface area (Å²) in [6, 6.07) is 3.25. The van der Waals surface area contributed by atoms with Gasteiger partial charge >= 0.3 is 12.1 Å². The summed E-state index contributed by atoms with van der Waals surface area (Å²) in [6.07, 6.45) is -1.86. The highest BCUT2D eigenvalue weighted by Gasteiger charge is 2.36. The number of aromatic carboxylic acids is 1. The molecule has 1 aliphatic rings. The first-order chi connectivity index (χ1) is 9.79. The number of hydrogen-bond acceptors (Lipinski definition) is 2. The molecule has 2 rings (SSSR count). The van der Waals surface area contributed by atoms with Crippen LogP contribution in [0.25, 0.3) is 0 Å². The third kappa shape index (κ3) is 3.68. The number of rotatable bonds is 2. The molecule has 1 N–H and O–H groups in total. The number of carboxylic acid groups (broad SMARTS) is 1. The first kappa shape index (κ1) is 15.7. The Kier molecular flexibility index (Phi) is 4.44. The van der Waals surface area contributed by atoms with Crippen LogP contribution in [-0.4, -0.2) is 24.2 Å². The van der Waals surface area contributed by atoms with Gasteiger partial charge in [-0.05, 0) is 43.4 Å². The fraction of sp³-hybridized carbons (Fsp3) is 0.533. The molecule has 6 heteroatoms. The van der Waals surface area contributed by atoms with Crippen molar-refractivity contribution in [3.05, 3.63) is 29.3 Å². The average Bonchev–Trinajstić information content (AvgIpc) is 2.62. The lowest BCUT2D eigenvalue weighted by molar-refractivity contribution is -0.137. The molecule has 116 valence electrons. The van der Waals surface area contributed by atoms with Crippen molar-refractivity contribution >= 4 is 11.7 Å². The van der Waals surface area contributed by atoms with Crippen LogP contribution in [0.5, 0.6) is 0 Å². The summed E-state index contributed by atoms with van der Waals surface area (Å²) >= 11 is 0. The zero-order valence-corrected chi connectivity index (χ0v) is 11.8. The van der Waals surface area contributed by atoms with Gasteiger partial charge in [0.05, 0.1) is 11.1 Å². The first-order valence-electron chi connectivity index (χ1n) is 6.98. The maximum absolute atomic E-state index is 13.2. The van der Waals surface area contributed by atoms with Crippen molar-refractivity contribution in [2.45, 2.75) is 32.4 Å². The SMILES string of the molecule is CC1CCCN(c2ccc(C(=O)O)cc2C(F)(F)F)CC1. The summed E-state index contributed by atoms with van der Waals surface area (Å²) in [5, 5.41) is 8.87. The van der Waals surface area contributed by atoms with E-state index in [9.17, 15) is 18.0 Å². The third-order valence-corrected chi connectivity index (χ3v) is 3.91. The highest BCUT2D eigenvalue weighted by molar-refractivity contribution is 5.88. The van der Waals surface area contributed by atoms with Gasteiger partial charge in [0.1, 0.15) is 0 Å². The van der Waals surface area contributed by atoms with Gasteiger partial charge in [0, 0.05) is 18.8 Å².